The molecule has 1 aliphatic carbocycles. The third-order valence-corrected chi connectivity index (χ3v) is 5.92. The zero-order valence-electron chi connectivity index (χ0n) is 11.8. The molecule has 0 bridgehead atoms. The topological polar surface area (TPSA) is 74.3 Å². The highest BCUT2D eigenvalue weighted by Crippen LogP contribution is 2.30. The summed E-state index contributed by atoms with van der Waals surface area (Å²) >= 11 is 3.28. The Morgan fingerprint density at radius 2 is 2.14 bits per heavy atom. The number of anilines is 1. The number of pyridine rings is 1. The largest absolute Gasteiger partial charge is 0.372 e. The average Bonchev–Trinajstić information content (AvgIpc) is 3.20. The number of hydrogen-bond acceptors (Lipinski definition) is 5. The van der Waals surface area contributed by atoms with Crippen LogP contribution in [0.2, 0.25) is 0 Å². The van der Waals surface area contributed by atoms with Gasteiger partial charge in [-0.1, -0.05) is 0 Å². The molecule has 1 unspecified atom stereocenters. The van der Waals surface area contributed by atoms with Crippen LogP contribution in [0.4, 0.5) is 5.82 Å². The van der Waals surface area contributed by atoms with Gasteiger partial charge in [0.2, 0.25) is 10.0 Å². The quantitative estimate of drug-likeness (QED) is 0.814. The highest BCUT2D eigenvalue weighted by molar-refractivity contribution is 9.10. The van der Waals surface area contributed by atoms with Crippen molar-refractivity contribution in [1.29, 1.82) is 0 Å². The number of likely N-dealkylation sites (tertiary alicyclic amines) is 1. The maximum atomic E-state index is 12.6. The number of halogens is 1. The molecule has 21 heavy (non-hydrogen) atoms. The molecule has 1 aliphatic heterocycles. The summed E-state index contributed by atoms with van der Waals surface area (Å²) in [5.74, 6) is 0.364. The molecule has 2 N–H and O–H groups in total. The van der Waals surface area contributed by atoms with Crippen molar-refractivity contribution in [3.8, 4) is 0 Å². The molecule has 1 saturated heterocycles. The minimum Gasteiger partial charge on any atom is -0.372 e. The van der Waals surface area contributed by atoms with Crippen molar-refractivity contribution in [3.63, 3.8) is 0 Å². The van der Waals surface area contributed by atoms with Crippen LogP contribution in [0.25, 0.3) is 0 Å². The minimum absolute atomic E-state index is 0.0145. The molecule has 1 saturated carbocycles. The minimum atomic E-state index is -3.57. The van der Waals surface area contributed by atoms with Crippen LogP contribution in [-0.2, 0) is 10.0 Å². The summed E-state index contributed by atoms with van der Waals surface area (Å²) in [5, 5.41) is 2.83. The van der Waals surface area contributed by atoms with Gasteiger partial charge in [-0.2, -0.15) is 0 Å². The van der Waals surface area contributed by atoms with E-state index in [1.807, 2.05) is 0 Å². The van der Waals surface area contributed by atoms with Gasteiger partial charge in [0.1, 0.15) is 10.7 Å². The molecule has 116 valence electrons. The number of nitrogens with one attached hydrogen (secondary N) is 2. The first-order valence-corrected chi connectivity index (χ1v) is 9.37. The van der Waals surface area contributed by atoms with Gasteiger partial charge in [-0.3, -0.25) is 4.90 Å². The molecule has 2 aliphatic rings. The molecule has 6 nitrogen and oxygen atoms in total. The van der Waals surface area contributed by atoms with Crippen LogP contribution in [0, 0.1) is 0 Å². The molecule has 0 aromatic carbocycles. The smallest absolute Gasteiger partial charge is 0.244 e. The third kappa shape index (κ3) is 3.39. The predicted octanol–water partition coefficient (Wildman–Crippen LogP) is 1.40. The fourth-order valence-corrected chi connectivity index (χ4v) is 4.68. The highest BCUT2D eigenvalue weighted by atomic mass is 79.9. The fourth-order valence-electron chi connectivity index (χ4n) is 2.75. The number of hydrogen-bond donors (Lipinski definition) is 2. The Bertz CT molecular complexity index is 633. The standard InChI is InChI=1S/C13H19BrN4O2S/c1-15-13-12(6-9(14)7-16-13)21(19,20)17-10-4-5-18(8-10)11-2-3-11/h6-7,10-11,17H,2-5,8H2,1H3,(H,15,16). The van der Waals surface area contributed by atoms with Crippen molar-refractivity contribution in [3.05, 3.63) is 16.7 Å². The Kier molecular flexibility index (Phi) is 4.22. The van der Waals surface area contributed by atoms with Crippen LogP contribution in [0.1, 0.15) is 19.3 Å². The maximum Gasteiger partial charge on any atom is 0.244 e. The monoisotopic (exact) mass is 374 g/mol. The van der Waals surface area contributed by atoms with Crippen molar-refractivity contribution in [2.45, 2.75) is 36.2 Å². The Labute approximate surface area is 133 Å². The first-order valence-electron chi connectivity index (χ1n) is 7.09. The number of aromatic nitrogens is 1. The summed E-state index contributed by atoms with van der Waals surface area (Å²) < 4.78 is 28.6. The zero-order chi connectivity index (χ0) is 15.0. The molecule has 8 heteroatoms. The Balaban J connectivity index is 1.76. The van der Waals surface area contributed by atoms with Crippen LogP contribution in [0.3, 0.4) is 0 Å². The zero-order valence-corrected chi connectivity index (χ0v) is 14.2. The first-order chi connectivity index (χ1) is 9.99. The molecule has 1 aromatic heterocycles. The molecule has 1 atom stereocenters. The average molecular weight is 375 g/mol. The van der Waals surface area contributed by atoms with E-state index < -0.39 is 10.0 Å². The molecular weight excluding hydrogens is 356 g/mol. The van der Waals surface area contributed by atoms with E-state index in [0.717, 1.165) is 19.5 Å². The van der Waals surface area contributed by atoms with E-state index in [0.29, 0.717) is 16.3 Å². The molecule has 2 heterocycles. The van der Waals surface area contributed by atoms with E-state index in [-0.39, 0.29) is 10.9 Å². The summed E-state index contributed by atoms with van der Waals surface area (Å²) in [4.78, 5) is 6.67. The molecule has 1 aromatic rings. The van der Waals surface area contributed by atoms with Crippen LogP contribution in [0.5, 0.6) is 0 Å². The molecule has 3 rings (SSSR count). The van der Waals surface area contributed by atoms with Crippen LogP contribution in [0.15, 0.2) is 21.6 Å². The first kappa shape index (κ1) is 15.2. The van der Waals surface area contributed by atoms with Crippen LogP contribution < -0.4 is 10.0 Å². The lowest BCUT2D eigenvalue weighted by atomic mass is 10.3. The van der Waals surface area contributed by atoms with Crippen LogP contribution >= 0.6 is 15.9 Å². The van der Waals surface area contributed by atoms with Gasteiger partial charge >= 0.3 is 0 Å². The van der Waals surface area contributed by atoms with Crippen molar-refractivity contribution in [1.82, 2.24) is 14.6 Å². The second kappa shape index (κ2) is 5.83. The SMILES string of the molecule is CNc1ncc(Br)cc1S(=O)(=O)NC1CCN(C2CC2)C1. The van der Waals surface area contributed by atoms with E-state index in [1.165, 1.54) is 12.8 Å². The normalized spacial score (nSPS) is 23.4. The van der Waals surface area contributed by atoms with Gasteiger partial charge < -0.3 is 5.32 Å². The van der Waals surface area contributed by atoms with E-state index in [9.17, 15) is 8.42 Å². The molecule has 0 spiro atoms. The van der Waals surface area contributed by atoms with Gasteiger partial charge in [0.25, 0.3) is 0 Å². The van der Waals surface area contributed by atoms with E-state index >= 15 is 0 Å². The van der Waals surface area contributed by atoms with Crippen molar-refractivity contribution >= 4 is 31.8 Å². The maximum absolute atomic E-state index is 12.6. The Morgan fingerprint density at radius 1 is 1.38 bits per heavy atom. The molecule has 0 radical (unpaired) electrons. The molecular formula is C13H19BrN4O2S. The predicted molar refractivity (Wildman–Crippen MR) is 84.8 cm³/mol. The van der Waals surface area contributed by atoms with Gasteiger partial charge in [-0.05, 0) is 41.3 Å². The van der Waals surface area contributed by atoms with E-state index in [2.05, 4.69) is 35.9 Å². The van der Waals surface area contributed by atoms with Gasteiger partial charge in [-0.25, -0.2) is 18.1 Å². The van der Waals surface area contributed by atoms with Crippen molar-refractivity contribution in [2.75, 3.05) is 25.5 Å². The Hall–Kier alpha value is -0.700. The Morgan fingerprint density at radius 3 is 2.81 bits per heavy atom. The lowest BCUT2D eigenvalue weighted by molar-refractivity contribution is 0.322. The summed E-state index contributed by atoms with van der Waals surface area (Å²) in [5.41, 5.74) is 0. The van der Waals surface area contributed by atoms with E-state index in [4.69, 9.17) is 0 Å². The summed E-state index contributed by atoms with van der Waals surface area (Å²) in [7, 11) is -1.90. The highest BCUT2D eigenvalue weighted by Gasteiger charge is 2.36. The fraction of sp³-hybridized carbons (Fsp3) is 0.615. The van der Waals surface area contributed by atoms with Crippen LogP contribution in [-0.4, -0.2) is 50.5 Å². The lowest BCUT2D eigenvalue weighted by Crippen LogP contribution is -2.37. The third-order valence-electron chi connectivity index (χ3n) is 3.95. The van der Waals surface area contributed by atoms with Gasteiger partial charge in [0, 0.05) is 42.9 Å². The summed E-state index contributed by atoms with van der Waals surface area (Å²) in [6.45, 7) is 1.79. The molecule has 2 fully saturated rings. The number of nitrogens with zero attached hydrogens (tertiary/aromatic N) is 2. The summed E-state index contributed by atoms with van der Waals surface area (Å²) in [6.07, 6.45) is 4.94. The van der Waals surface area contributed by atoms with Crippen molar-refractivity contribution < 1.29 is 8.42 Å². The second-order valence-corrected chi connectivity index (χ2v) is 8.18. The summed E-state index contributed by atoms with van der Waals surface area (Å²) in [6, 6.07) is 2.24. The van der Waals surface area contributed by atoms with Crippen molar-refractivity contribution in [2.24, 2.45) is 0 Å². The van der Waals surface area contributed by atoms with Gasteiger partial charge in [0.15, 0.2) is 0 Å². The van der Waals surface area contributed by atoms with Gasteiger partial charge in [-0.15, -0.1) is 0 Å². The molecule has 0 amide bonds. The van der Waals surface area contributed by atoms with Gasteiger partial charge in [0.05, 0.1) is 0 Å². The van der Waals surface area contributed by atoms with E-state index in [1.54, 1.807) is 19.3 Å². The lowest BCUT2D eigenvalue weighted by Gasteiger charge is -2.17. The second-order valence-electron chi connectivity index (χ2n) is 5.58. The number of sulfonamides is 1. The number of rotatable bonds is 5.